The van der Waals surface area contributed by atoms with Crippen LogP contribution >= 0.6 is 0 Å². The topological polar surface area (TPSA) is 29.5 Å². The van der Waals surface area contributed by atoms with E-state index >= 15 is 0 Å². The largest absolute Gasteiger partial charge is 0.370 e. The Kier molecular flexibility index (Phi) is 3.08. The van der Waals surface area contributed by atoms with Crippen molar-refractivity contribution in [3.63, 3.8) is 0 Å². The van der Waals surface area contributed by atoms with Crippen LogP contribution in [0.25, 0.3) is 0 Å². The number of morpholine rings is 1. The third kappa shape index (κ3) is 1.93. The molecule has 1 aliphatic heterocycles. The Morgan fingerprint density at radius 2 is 2.22 bits per heavy atom. The van der Waals surface area contributed by atoms with Gasteiger partial charge in [0.2, 0.25) is 5.91 Å². The van der Waals surface area contributed by atoms with Crippen molar-refractivity contribution in [2.45, 2.75) is 38.3 Å². The standard InChI is InChI=1S/C15H19NO2/c1-11(17)16-9-10-18-15-13-7-3-2-5-12(13)6-4-8-14(15)16/h2-3,5,7,14-15H,4,6,8-10H2,1H3/t14-,15-/m0/s1. The average Bonchev–Trinajstić information content (AvgIpc) is 2.57. The summed E-state index contributed by atoms with van der Waals surface area (Å²) in [6.45, 7) is 3.05. The first-order valence-electron chi connectivity index (χ1n) is 6.74. The van der Waals surface area contributed by atoms with E-state index in [1.165, 1.54) is 11.1 Å². The lowest BCUT2D eigenvalue weighted by Gasteiger charge is -2.40. The van der Waals surface area contributed by atoms with Gasteiger partial charge in [-0.15, -0.1) is 0 Å². The quantitative estimate of drug-likeness (QED) is 0.702. The fraction of sp³-hybridized carbons (Fsp3) is 0.533. The molecule has 0 saturated carbocycles. The summed E-state index contributed by atoms with van der Waals surface area (Å²) in [6.07, 6.45) is 3.34. The van der Waals surface area contributed by atoms with E-state index in [0.29, 0.717) is 6.61 Å². The molecule has 1 saturated heterocycles. The minimum absolute atomic E-state index is 0.0707. The molecule has 0 spiro atoms. The van der Waals surface area contributed by atoms with E-state index in [2.05, 4.69) is 24.3 Å². The fourth-order valence-electron chi connectivity index (χ4n) is 3.25. The molecule has 96 valence electrons. The van der Waals surface area contributed by atoms with Crippen molar-refractivity contribution < 1.29 is 9.53 Å². The maximum Gasteiger partial charge on any atom is 0.219 e. The second kappa shape index (κ2) is 4.73. The van der Waals surface area contributed by atoms with Crippen LogP contribution in [0.1, 0.15) is 37.0 Å². The molecule has 2 atom stereocenters. The molecule has 1 heterocycles. The third-order valence-corrected chi connectivity index (χ3v) is 4.09. The molecule has 3 rings (SSSR count). The van der Waals surface area contributed by atoms with Crippen LogP contribution in [0, 0.1) is 0 Å². The smallest absolute Gasteiger partial charge is 0.219 e. The zero-order chi connectivity index (χ0) is 12.5. The van der Waals surface area contributed by atoms with Crippen LogP contribution in [0.3, 0.4) is 0 Å². The van der Waals surface area contributed by atoms with Crippen molar-refractivity contribution in [2.75, 3.05) is 13.2 Å². The number of hydrogen-bond donors (Lipinski definition) is 0. The number of hydrogen-bond acceptors (Lipinski definition) is 2. The van der Waals surface area contributed by atoms with Gasteiger partial charge in [-0.05, 0) is 30.4 Å². The van der Waals surface area contributed by atoms with Crippen molar-refractivity contribution in [3.8, 4) is 0 Å². The zero-order valence-electron chi connectivity index (χ0n) is 10.8. The maximum atomic E-state index is 11.7. The van der Waals surface area contributed by atoms with Crippen molar-refractivity contribution in [3.05, 3.63) is 35.4 Å². The number of carbonyl (C=O) groups is 1. The molecule has 1 aromatic rings. The zero-order valence-corrected chi connectivity index (χ0v) is 10.8. The Morgan fingerprint density at radius 3 is 3.06 bits per heavy atom. The minimum Gasteiger partial charge on any atom is -0.370 e. The molecule has 0 radical (unpaired) electrons. The van der Waals surface area contributed by atoms with Gasteiger partial charge in [0.25, 0.3) is 0 Å². The Balaban J connectivity index is 1.98. The fourth-order valence-corrected chi connectivity index (χ4v) is 3.25. The van der Waals surface area contributed by atoms with Crippen molar-refractivity contribution >= 4 is 5.91 Å². The number of aryl methyl sites for hydroxylation is 1. The summed E-state index contributed by atoms with van der Waals surface area (Å²) in [5.74, 6) is 0.174. The van der Waals surface area contributed by atoms with Crippen molar-refractivity contribution in [2.24, 2.45) is 0 Å². The molecular weight excluding hydrogens is 226 g/mol. The number of amides is 1. The van der Waals surface area contributed by atoms with Gasteiger partial charge in [-0.3, -0.25) is 4.79 Å². The predicted octanol–water partition coefficient (Wildman–Crippen LogP) is 2.31. The summed E-state index contributed by atoms with van der Waals surface area (Å²) >= 11 is 0. The monoisotopic (exact) mass is 245 g/mol. The highest BCUT2D eigenvalue weighted by Crippen LogP contribution is 2.36. The summed E-state index contributed by atoms with van der Waals surface area (Å²) in [5, 5.41) is 0. The number of ether oxygens (including phenoxy) is 1. The molecule has 0 unspecified atom stereocenters. The van der Waals surface area contributed by atoms with Crippen molar-refractivity contribution in [1.29, 1.82) is 0 Å². The Hall–Kier alpha value is -1.35. The van der Waals surface area contributed by atoms with E-state index < -0.39 is 0 Å². The molecule has 3 heteroatoms. The summed E-state index contributed by atoms with van der Waals surface area (Å²) in [7, 11) is 0. The van der Waals surface area contributed by atoms with Gasteiger partial charge in [0.1, 0.15) is 6.10 Å². The lowest BCUT2D eigenvalue weighted by molar-refractivity contribution is -0.144. The highest BCUT2D eigenvalue weighted by Gasteiger charge is 2.36. The normalized spacial score (nSPS) is 27.1. The number of carbonyl (C=O) groups excluding carboxylic acids is 1. The minimum atomic E-state index is 0.0707. The molecule has 1 aromatic carbocycles. The molecule has 0 aromatic heterocycles. The summed E-state index contributed by atoms with van der Waals surface area (Å²) < 4.78 is 5.97. The predicted molar refractivity (Wildman–Crippen MR) is 69.2 cm³/mol. The molecule has 1 amide bonds. The first-order valence-corrected chi connectivity index (χ1v) is 6.74. The second-order valence-electron chi connectivity index (χ2n) is 5.16. The van der Waals surface area contributed by atoms with Crippen LogP contribution in [-0.2, 0) is 16.0 Å². The SMILES string of the molecule is CC(=O)N1CCO[C@H]2c3ccccc3CCC[C@@H]21. The van der Waals surface area contributed by atoms with E-state index in [1.807, 2.05) is 4.90 Å². The first kappa shape index (κ1) is 11.7. The van der Waals surface area contributed by atoms with E-state index in [9.17, 15) is 4.79 Å². The lowest BCUT2D eigenvalue weighted by atomic mass is 9.96. The number of fused-ring (bicyclic) bond motifs is 3. The summed E-state index contributed by atoms with van der Waals surface area (Å²) in [5.41, 5.74) is 2.67. The van der Waals surface area contributed by atoms with Crippen LogP contribution in [0.4, 0.5) is 0 Å². The van der Waals surface area contributed by atoms with Crippen LogP contribution in [0.15, 0.2) is 24.3 Å². The Morgan fingerprint density at radius 1 is 1.39 bits per heavy atom. The second-order valence-corrected chi connectivity index (χ2v) is 5.16. The number of rotatable bonds is 0. The Bertz CT molecular complexity index is 458. The Labute approximate surface area is 108 Å². The van der Waals surface area contributed by atoms with E-state index in [4.69, 9.17) is 4.74 Å². The lowest BCUT2D eigenvalue weighted by Crippen LogP contribution is -2.49. The molecule has 0 bridgehead atoms. The molecule has 3 nitrogen and oxygen atoms in total. The van der Waals surface area contributed by atoms with Gasteiger partial charge in [-0.1, -0.05) is 24.3 Å². The summed E-state index contributed by atoms with van der Waals surface area (Å²) in [6, 6.07) is 8.72. The van der Waals surface area contributed by atoms with Crippen LogP contribution in [0.2, 0.25) is 0 Å². The molecular formula is C15H19NO2. The average molecular weight is 245 g/mol. The highest BCUT2D eigenvalue weighted by molar-refractivity contribution is 5.73. The van der Waals surface area contributed by atoms with E-state index in [1.54, 1.807) is 6.92 Å². The van der Waals surface area contributed by atoms with E-state index in [-0.39, 0.29) is 18.1 Å². The first-order chi connectivity index (χ1) is 8.77. The van der Waals surface area contributed by atoms with Crippen LogP contribution in [0.5, 0.6) is 0 Å². The number of benzene rings is 1. The van der Waals surface area contributed by atoms with Gasteiger partial charge in [0.05, 0.1) is 12.6 Å². The molecule has 18 heavy (non-hydrogen) atoms. The molecule has 2 aliphatic rings. The van der Waals surface area contributed by atoms with Gasteiger partial charge in [-0.2, -0.15) is 0 Å². The molecule has 1 fully saturated rings. The van der Waals surface area contributed by atoms with Crippen LogP contribution in [-0.4, -0.2) is 30.0 Å². The maximum absolute atomic E-state index is 11.7. The van der Waals surface area contributed by atoms with Gasteiger partial charge in [0, 0.05) is 13.5 Å². The van der Waals surface area contributed by atoms with Crippen molar-refractivity contribution in [1.82, 2.24) is 4.90 Å². The van der Waals surface area contributed by atoms with E-state index in [0.717, 1.165) is 25.8 Å². The molecule has 0 N–H and O–H groups in total. The number of nitrogens with zero attached hydrogens (tertiary/aromatic N) is 1. The summed E-state index contributed by atoms with van der Waals surface area (Å²) in [4.78, 5) is 13.7. The molecule has 1 aliphatic carbocycles. The van der Waals surface area contributed by atoms with Gasteiger partial charge >= 0.3 is 0 Å². The van der Waals surface area contributed by atoms with Gasteiger partial charge in [0.15, 0.2) is 0 Å². The van der Waals surface area contributed by atoms with Gasteiger partial charge < -0.3 is 9.64 Å². The third-order valence-electron chi connectivity index (χ3n) is 4.09. The highest BCUT2D eigenvalue weighted by atomic mass is 16.5. The van der Waals surface area contributed by atoms with Crippen LogP contribution < -0.4 is 0 Å². The van der Waals surface area contributed by atoms with Gasteiger partial charge in [-0.25, -0.2) is 0 Å².